The lowest BCUT2D eigenvalue weighted by molar-refractivity contribution is -0.386. The molecule has 0 bridgehead atoms. The second kappa shape index (κ2) is 6.78. The van der Waals surface area contributed by atoms with Crippen LogP contribution in [0, 0.1) is 10.1 Å². The van der Waals surface area contributed by atoms with Crippen LogP contribution in [0.25, 0.3) is 6.08 Å². The van der Waals surface area contributed by atoms with Gasteiger partial charge in [0.15, 0.2) is 5.75 Å². The number of carbonyl (C=O) groups is 4. The normalized spacial score (nSPS) is 13.7. The zero-order valence-corrected chi connectivity index (χ0v) is 12.9. The van der Waals surface area contributed by atoms with Crippen LogP contribution in [0.1, 0.15) is 12.5 Å². The Morgan fingerprint density at radius 1 is 1.20 bits per heavy atom. The van der Waals surface area contributed by atoms with Gasteiger partial charge in [-0.2, -0.15) is 0 Å². The number of nitrogens with one attached hydrogen (secondary N) is 2. The highest BCUT2D eigenvalue weighted by atomic mass is 16.6. The topological polar surface area (TPSA) is 154 Å². The van der Waals surface area contributed by atoms with Crippen LogP contribution in [0.5, 0.6) is 11.5 Å². The van der Waals surface area contributed by atoms with E-state index in [1.54, 1.807) is 0 Å². The molecular formula is C14H11N3O8. The maximum atomic E-state index is 11.7. The van der Waals surface area contributed by atoms with Crippen LogP contribution in [0.3, 0.4) is 0 Å². The summed E-state index contributed by atoms with van der Waals surface area (Å²) in [5.41, 5.74) is -1.29. The highest BCUT2D eigenvalue weighted by Crippen LogP contribution is 2.40. The maximum Gasteiger partial charge on any atom is 0.328 e. The first-order valence-corrected chi connectivity index (χ1v) is 6.66. The van der Waals surface area contributed by atoms with Crippen molar-refractivity contribution < 1.29 is 33.6 Å². The van der Waals surface area contributed by atoms with Crippen LogP contribution in [0.2, 0.25) is 0 Å². The molecule has 4 amide bonds. The van der Waals surface area contributed by atoms with Crippen LogP contribution in [-0.2, 0) is 14.4 Å². The molecule has 0 aliphatic carbocycles. The first-order chi connectivity index (χ1) is 11.7. The number of hydrogen-bond acceptors (Lipinski definition) is 8. The number of hydrogen-bond donors (Lipinski definition) is 2. The van der Waals surface area contributed by atoms with E-state index in [1.165, 1.54) is 12.1 Å². The number of rotatable bonds is 4. The van der Waals surface area contributed by atoms with Crippen LogP contribution >= 0.6 is 0 Å². The van der Waals surface area contributed by atoms with E-state index in [1.807, 2.05) is 10.6 Å². The van der Waals surface area contributed by atoms with Crippen LogP contribution < -0.4 is 20.1 Å². The number of esters is 1. The van der Waals surface area contributed by atoms with Gasteiger partial charge in [-0.15, -0.1) is 0 Å². The van der Waals surface area contributed by atoms with Crippen molar-refractivity contribution in [2.45, 2.75) is 6.92 Å². The molecule has 2 N–H and O–H groups in total. The van der Waals surface area contributed by atoms with E-state index in [-0.39, 0.29) is 17.1 Å². The Morgan fingerprint density at radius 3 is 2.28 bits per heavy atom. The van der Waals surface area contributed by atoms with E-state index < -0.39 is 40.0 Å². The zero-order valence-electron chi connectivity index (χ0n) is 12.9. The molecule has 1 fully saturated rings. The summed E-state index contributed by atoms with van der Waals surface area (Å²) >= 11 is 0. The summed E-state index contributed by atoms with van der Waals surface area (Å²) in [6, 6.07) is 1.39. The number of carbonyl (C=O) groups excluding carboxylic acids is 4. The summed E-state index contributed by atoms with van der Waals surface area (Å²) in [7, 11) is 1.13. The van der Waals surface area contributed by atoms with Gasteiger partial charge in [-0.25, -0.2) is 4.79 Å². The van der Waals surface area contributed by atoms with Gasteiger partial charge in [0, 0.05) is 6.92 Å². The number of amides is 4. The Kier molecular flexibility index (Phi) is 4.77. The third-order valence-electron chi connectivity index (χ3n) is 3.01. The molecule has 0 aromatic heterocycles. The lowest BCUT2D eigenvalue weighted by Gasteiger charge is -2.14. The van der Waals surface area contributed by atoms with Gasteiger partial charge in [-0.3, -0.25) is 35.1 Å². The molecule has 0 spiro atoms. The van der Waals surface area contributed by atoms with Crippen LogP contribution in [0.4, 0.5) is 10.5 Å². The molecule has 1 aromatic carbocycles. The van der Waals surface area contributed by atoms with Crippen molar-refractivity contribution in [2.24, 2.45) is 0 Å². The molecule has 130 valence electrons. The van der Waals surface area contributed by atoms with Crippen molar-refractivity contribution in [3.05, 3.63) is 33.4 Å². The van der Waals surface area contributed by atoms with Crippen molar-refractivity contribution in [3.8, 4) is 11.5 Å². The number of ether oxygens (including phenoxy) is 2. The molecule has 0 radical (unpaired) electrons. The fourth-order valence-corrected chi connectivity index (χ4v) is 2.07. The minimum atomic E-state index is -1.01. The highest BCUT2D eigenvalue weighted by Gasteiger charge is 2.31. The maximum absolute atomic E-state index is 11.7. The number of nitrogens with zero attached hydrogens (tertiary/aromatic N) is 1. The molecule has 1 aliphatic heterocycles. The summed E-state index contributed by atoms with van der Waals surface area (Å²) in [6.45, 7) is 1.11. The molecule has 1 aromatic rings. The zero-order chi connectivity index (χ0) is 18.7. The van der Waals surface area contributed by atoms with Gasteiger partial charge in [-0.05, 0) is 18.2 Å². The second-order valence-corrected chi connectivity index (χ2v) is 4.68. The van der Waals surface area contributed by atoms with Crippen LogP contribution in [-0.4, -0.2) is 35.8 Å². The molecule has 25 heavy (non-hydrogen) atoms. The standard InChI is InChI=1S/C14H11N3O8/c1-6(18)25-9-4-3-7(10(17(22)23)11(9)24-2)5-8-12(19)15-14(21)16-13(8)20/h3-5H,1-2H3,(H2,15,16,19,20,21). The summed E-state index contributed by atoms with van der Waals surface area (Å²) < 4.78 is 9.77. The molecule has 0 unspecified atom stereocenters. The average molecular weight is 349 g/mol. The fourth-order valence-electron chi connectivity index (χ4n) is 2.07. The van der Waals surface area contributed by atoms with E-state index in [0.29, 0.717) is 0 Å². The largest absolute Gasteiger partial charge is 0.488 e. The molecule has 1 aliphatic rings. The van der Waals surface area contributed by atoms with Gasteiger partial charge >= 0.3 is 17.7 Å². The van der Waals surface area contributed by atoms with E-state index >= 15 is 0 Å². The van der Waals surface area contributed by atoms with E-state index in [9.17, 15) is 29.3 Å². The van der Waals surface area contributed by atoms with E-state index in [2.05, 4.69) is 0 Å². The van der Waals surface area contributed by atoms with Gasteiger partial charge in [-0.1, -0.05) is 0 Å². The summed E-state index contributed by atoms with van der Waals surface area (Å²) in [6.07, 6.45) is 0.926. The molecule has 11 nitrogen and oxygen atoms in total. The predicted molar refractivity (Wildman–Crippen MR) is 80.6 cm³/mol. The van der Waals surface area contributed by atoms with Gasteiger partial charge in [0.1, 0.15) is 5.57 Å². The number of imide groups is 2. The Bertz CT molecular complexity index is 821. The average Bonchev–Trinajstić information content (AvgIpc) is 2.50. The Morgan fingerprint density at radius 2 is 1.80 bits per heavy atom. The summed E-state index contributed by atoms with van der Waals surface area (Å²) in [4.78, 5) is 56.2. The number of nitro groups is 1. The number of nitro benzene ring substituents is 1. The van der Waals surface area contributed by atoms with Gasteiger partial charge < -0.3 is 9.47 Å². The molecule has 2 rings (SSSR count). The number of barbiturate groups is 1. The Hall–Kier alpha value is -3.76. The van der Waals surface area contributed by atoms with Gasteiger partial charge in [0.05, 0.1) is 17.6 Å². The molecular weight excluding hydrogens is 338 g/mol. The van der Waals surface area contributed by atoms with Crippen LogP contribution in [0.15, 0.2) is 17.7 Å². The monoisotopic (exact) mass is 349 g/mol. The first-order valence-electron chi connectivity index (χ1n) is 6.66. The minimum Gasteiger partial charge on any atom is -0.488 e. The van der Waals surface area contributed by atoms with Gasteiger partial charge in [0.25, 0.3) is 11.8 Å². The van der Waals surface area contributed by atoms with Crippen molar-refractivity contribution in [3.63, 3.8) is 0 Å². The summed E-state index contributed by atoms with van der Waals surface area (Å²) in [5, 5.41) is 15.1. The fraction of sp³-hybridized carbons (Fsp3) is 0.143. The van der Waals surface area contributed by atoms with Crippen molar-refractivity contribution in [1.29, 1.82) is 0 Å². The van der Waals surface area contributed by atoms with Crippen molar-refractivity contribution >= 4 is 35.6 Å². The number of benzene rings is 1. The quantitative estimate of drug-likeness (QED) is 0.196. The van der Waals surface area contributed by atoms with E-state index in [0.717, 1.165) is 20.1 Å². The Balaban J connectivity index is 2.62. The smallest absolute Gasteiger partial charge is 0.328 e. The lowest BCUT2D eigenvalue weighted by Crippen LogP contribution is -2.51. The second-order valence-electron chi connectivity index (χ2n) is 4.68. The first kappa shape index (κ1) is 17.6. The minimum absolute atomic E-state index is 0.160. The third-order valence-corrected chi connectivity index (χ3v) is 3.01. The molecule has 0 saturated carbocycles. The number of urea groups is 1. The van der Waals surface area contributed by atoms with E-state index in [4.69, 9.17) is 9.47 Å². The SMILES string of the molecule is COc1c(OC(C)=O)ccc(C=C2C(=O)NC(=O)NC2=O)c1[N+](=O)[O-]. The van der Waals surface area contributed by atoms with Gasteiger partial charge in [0.2, 0.25) is 5.75 Å². The lowest BCUT2D eigenvalue weighted by atomic mass is 10.1. The predicted octanol–water partition coefficient (Wildman–Crippen LogP) is 0.278. The molecule has 1 saturated heterocycles. The highest BCUT2D eigenvalue weighted by molar-refractivity contribution is 6.31. The molecule has 0 atom stereocenters. The van der Waals surface area contributed by atoms with Crippen molar-refractivity contribution in [2.75, 3.05) is 7.11 Å². The molecule has 11 heteroatoms. The third kappa shape index (κ3) is 3.60. The summed E-state index contributed by atoms with van der Waals surface area (Å²) in [5.74, 6) is -3.29. The number of methoxy groups -OCH3 is 1. The van der Waals surface area contributed by atoms with Crippen molar-refractivity contribution in [1.82, 2.24) is 10.6 Å². The molecule has 1 heterocycles. The Labute approximate surface area is 139 Å².